The molecular formula is C21H17Cl2N3O5. The number of rotatable bonds is 5. The predicted molar refractivity (Wildman–Crippen MR) is 118 cm³/mol. The first-order valence-electron chi connectivity index (χ1n) is 9.12. The van der Waals surface area contributed by atoms with E-state index in [1.165, 1.54) is 54.2 Å². The number of aromatic nitrogens is 2. The number of amides is 1. The highest BCUT2D eigenvalue weighted by Gasteiger charge is 2.21. The highest BCUT2D eigenvalue weighted by Crippen LogP contribution is 2.33. The first kappa shape index (κ1) is 22.3. The molecule has 3 rings (SSSR count). The molecule has 0 fully saturated rings. The van der Waals surface area contributed by atoms with E-state index >= 15 is 0 Å². The van der Waals surface area contributed by atoms with Crippen molar-refractivity contribution in [2.45, 2.75) is 13.3 Å². The molecule has 0 aliphatic rings. The van der Waals surface area contributed by atoms with Crippen LogP contribution >= 0.6 is 23.2 Å². The molecule has 0 atom stereocenters. The van der Waals surface area contributed by atoms with Crippen LogP contribution in [0.4, 0.5) is 5.69 Å². The van der Waals surface area contributed by atoms with Crippen LogP contribution in [0.25, 0.3) is 5.69 Å². The van der Waals surface area contributed by atoms with Gasteiger partial charge in [0.2, 0.25) is 0 Å². The number of hydrogen-bond donors (Lipinski definition) is 1. The van der Waals surface area contributed by atoms with Crippen molar-refractivity contribution in [2.24, 2.45) is 7.05 Å². The summed E-state index contributed by atoms with van der Waals surface area (Å²) in [4.78, 5) is 50.0. The molecule has 0 saturated heterocycles. The van der Waals surface area contributed by atoms with Gasteiger partial charge in [-0.25, -0.2) is 9.36 Å². The zero-order valence-electron chi connectivity index (χ0n) is 16.5. The van der Waals surface area contributed by atoms with E-state index in [0.29, 0.717) is 0 Å². The number of para-hydroxylation sites is 1. The Bertz CT molecular complexity index is 1280. The summed E-state index contributed by atoms with van der Waals surface area (Å²) < 4.78 is 7.44. The lowest BCUT2D eigenvalue weighted by molar-refractivity contribution is -0.133. The SMILES string of the molecule is CCC(=O)Oc1c(NC(=O)c2c(Cl)cccc2Cl)cccc1-n1c(=O)ccn(C)c1=O. The van der Waals surface area contributed by atoms with Crippen LogP contribution in [0.1, 0.15) is 23.7 Å². The summed E-state index contributed by atoms with van der Waals surface area (Å²) in [5, 5.41) is 2.84. The molecular weight excluding hydrogens is 445 g/mol. The fourth-order valence-corrected chi connectivity index (χ4v) is 3.35. The zero-order valence-corrected chi connectivity index (χ0v) is 18.0. The van der Waals surface area contributed by atoms with Crippen LogP contribution < -0.4 is 21.3 Å². The number of esters is 1. The Labute approximate surface area is 186 Å². The highest BCUT2D eigenvalue weighted by molar-refractivity contribution is 6.40. The fourth-order valence-electron chi connectivity index (χ4n) is 2.78. The molecule has 1 N–H and O–H groups in total. The van der Waals surface area contributed by atoms with Gasteiger partial charge in [-0.05, 0) is 24.3 Å². The van der Waals surface area contributed by atoms with Gasteiger partial charge in [0.05, 0.1) is 27.0 Å². The summed E-state index contributed by atoms with van der Waals surface area (Å²) in [5.74, 6) is -1.44. The fraction of sp³-hybridized carbons (Fsp3) is 0.143. The van der Waals surface area contributed by atoms with E-state index in [0.717, 1.165) is 4.57 Å². The van der Waals surface area contributed by atoms with Crippen LogP contribution in [0.3, 0.4) is 0 Å². The molecule has 0 bridgehead atoms. The second kappa shape index (κ2) is 9.20. The molecule has 0 radical (unpaired) electrons. The molecule has 1 amide bonds. The molecule has 10 heteroatoms. The molecule has 0 unspecified atom stereocenters. The molecule has 1 aromatic heterocycles. The summed E-state index contributed by atoms with van der Waals surface area (Å²) in [7, 11) is 1.47. The minimum atomic E-state index is -0.658. The van der Waals surface area contributed by atoms with E-state index in [-0.39, 0.29) is 39.2 Å². The van der Waals surface area contributed by atoms with Gasteiger partial charge in [-0.15, -0.1) is 0 Å². The number of halogens is 2. The van der Waals surface area contributed by atoms with Gasteiger partial charge >= 0.3 is 11.7 Å². The van der Waals surface area contributed by atoms with Gasteiger partial charge in [0.15, 0.2) is 5.75 Å². The number of carbonyl (C=O) groups is 2. The normalized spacial score (nSPS) is 10.6. The van der Waals surface area contributed by atoms with Crippen LogP contribution in [-0.4, -0.2) is 21.0 Å². The molecule has 2 aromatic carbocycles. The summed E-state index contributed by atoms with van der Waals surface area (Å²) >= 11 is 12.2. The smallest absolute Gasteiger partial charge is 0.335 e. The molecule has 0 spiro atoms. The van der Waals surface area contributed by atoms with Crippen LogP contribution in [0, 0.1) is 0 Å². The number of benzene rings is 2. The van der Waals surface area contributed by atoms with Crippen molar-refractivity contribution in [3.05, 3.63) is 85.1 Å². The van der Waals surface area contributed by atoms with Gasteiger partial charge in [0, 0.05) is 25.7 Å². The van der Waals surface area contributed by atoms with Crippen LogP contribution in [0.15, 0.2) is 58.3 Å². The Morgan fingerprint density at radius 1 is 1.03 bits per heavy atom. The number of nitrogens with one attached hydrogen (secondary N) is 1. The molecule has 3 aromatic rings. The van der Waals surface area contributed by atoms with Gasteiger partial charge in [-0.2, -0.15) is 0 Å². The number of aryl methyl sites for hydroxylation is 1. The quantitative estimate of drug-likeness (QED) is 0.463. The van der Waals surface area contributed by atoms with Crippen molar-refractivity contribution in [2.75, 3.05) is 5.32 Å². The standard InChI is InChI=1S/C21H17Cl2N3O5/c1-3-17(28)31-19-14(24-20(29)18-12(22)6-4-7-13(18)23)8-5-9-15(19)26-16(27)10-11-25(2)21(26)30/h4-11H,3H2,1-2H3,(H,24,29). The van der Waals surface area contributed by atoms with Crippen molar-refractivity contribution in [1.29, 1.82) is 0 Å². The third-order valence-corrected chi connectivity index (χ3v) is 4.96. The monoisotopic (exact) mass is 461 g/mol. The number of hydrogen-bond acceptors (Lipinski definition) is 5. The maximum atomic E-state index is 12.8. The topological polar surface area (TPSA) is 99.4 Å². The largest absolute Gasteiger partial charge is 0.422 e. The van der Waals surface area contributed by atoms with Crippen molar-refractivity contribution >= 4 is 40.8 Å². The van der Waals surface area contributed by atoms with Gasteiger partial charge < -0.3 is 14.6 Å². The summed E-state index contributed by atoms with van der Waals surface area (Å²) in [6.07, 6.45) is 1.35. The van der Waals surface area contributed by atoms with Gasteiger partial charge in [0.1, 0.15) is 0 Å². The molecule has 31 heavy (non-hydrogen) atoms. The molecule has 0 saturated carbocycles. The predicted octanol–water partition coefficient (Wildman–Crippen LogP) is 3.41. The average Bonchev–Trinajstić information content (AvgIpc) is 2.72. The number of anilines is 1. The molecule has 1 heterocycles. The second-order valence-electron chi connectivity index (χ2n) is 6.42. The number of carbonyl (C=O) groups excluding carboxylic acids is 2. The van der Waals surface area contributed by atoms with Crippen molar-refractivity contribution in [3.63, 3.8) is 0 Å². The Balaban J connectivity index is 2.18. The Morgan fingerprint density at radius 2 is 1.68 bits per heavy atom. The maximum absolute atomic E-state index is 12.8. The van der Waals surface area contributed by atoms with Crippen LogP contribution in [0.2, 0.25) is 10.0 Å². The molecule has 0 aliphatic carbocycles. The lowest BCUT2D eigenvalue weighted by atomic mass is 10.2. The summed E-state index contributed by atoms with van der Waals surface area (Å²) in [6, 6.07) is 10.2. The highest BCUT2D eigenvalue weighted by atomic mass is 35.5. The van der Waals surface area contributed by atoms with Gasteiger partial charge in [0.25, 0.3) is 11.5 Å². The van der Waals surface area contributed by atoms with E-state index < -0.39 is 23.1 Å². The zero-order chi connectivity index (χ0) is 22.7. The van der Waals surface area contributed by atoms with E-state index in [9.17, 15) is 19.2 Å². The lowest BCUT2D eigenvalue weighted by Gasteiger charge is -2.17. The molecule has 160 valence electrons. The summed E-state index contributed by atoms with van der Waals surface area (Å²) in [6.45, 7) is 1.58. The first-order chi connectivity index (χ1) is 14.7. The lowest BCUT2D eigenvalue weighted by Crippen LogP contribution is -2.37. The van der Waals surface area contributed by atoms with E-state index in [2.05, 4.69) is 5.32 Å². The van der Waals surface area contributed by atoms with Crippen molar-refractivity contribution in [1.82, 2.24) is 9.13 Å². The van der Waals surface area contributed by atoms with E-state index in [1.807, 2.05) is 0 Å². The van der Waals surface area contributed by atoms with E-state index in [4.69, 9.17) is 27.9 Å². The third-order valence-electron chi connectivity index (χ3n) is 4.33. The van der Waals surface area contributed by atoms with Gasteiger partial charge in [-0.1, -0.05) is 42.3 Å². The second-order valence-corrected chi connectivity index (χ2v) is 7.23. The van der Waals surface area contributed by atoms with Crippen molar-refractivity contribution in [3.8, 4) is 11.4 Å². The summed E-state index contributed by atoms with van der Waals surface area (Å²) in [5.41, 5.74) is -1.21. The van der Waals surface area contributed by atoms with Crippen LogP contribution in [-0.2, 0) is 11.8 Å². The minimum absolute atomic E-state index is 0.00365. The Kier molecular flexibility index (Phi) is 6.62. The maximum Gasteiger partial charge on any atom is 0.335 e. The number of ether oxygens (including phenoxy) is 1. The Morgan fingerprint density at radius 3 is 2.32 bits per heavy atom. The average molecular weight is 462 g/mol. The molecule has 0 aliphatic heterocycles. The minimum Gasteiger partial charge on any atom is -0.422 e. The van der Waals surface area contributed by atoms with Gasteiger partial charge in [-0.3, -0.25) is 14.4 Å². The third kappa shape index (κ3) is 4.55. The molecule has 8 nitrogen and oxygen atoms in total. The Hall–Kier alpha value is -3.36. The first-order valence-corrected chi connectivity index (χ1v) is 9.88. The van der Waals surface area contributed by atoms with E-state index in [1.54, 1.807) is 13.0 Å². The van der Waals surface area contributed by atoms with Crippen molar-refractivity contribution < 1.29 is 14.3 Å². The van der Waals surface area contributed by atoms with Crippen LogP contribution in [0.5, 0.6) is 5.75 Å². The number of nitrogens with zero attached hydrogens (tertiary/aromatic N) is 2.